The van der Waals surface area contributed by atoms with Crippen LogP contribution in [0.5, 0.6) is 0 Å². The second-order valence-electron chi connectivity index (χ2n) is 4.61. The molecule has 0 aliphatic rings. The molecule has 0 fully saturated rings. The lowest BCUT2D eigenvalue weighted by atomic mass is 10.1. The van der Waals surface area contributed by atoms with Gasteiger partial charge in [0.05, 0.1) is 12.2 Å². The minimum atomic E-state index is -0.0563. The van der Waals surface area contributed by atoms with Gasteiger partial charge in [-0.05, 0) is 32.5 Å². The molecule has 0 spiro atoms. The molecule has 0 unspecified atom stereocenters. The summed E-state index contributed by atoms with van der Waals surface area (Å²) in [6, 6.07) is 7.63. The largest absolute Gasteiger partial charge is 0.389 e. The van der Waals surface area contributed by atoms with Crippen LogP contribution in [0.25, 0.3) is 0 Å². The fourth-order valence-electron chi connectivity index (χ4n) is 1.84. The molecule has 4 nitrogen and oxygen atoms in total. The number of para-hydroxylation sites is 1. The quantitative estimate of drug-likeness (QED) is 0.782. The highest BCUT2D eigenvalue weighted by Gasteiger charge is 2.13. The number of benzene rings is 1. The van der Waals surface area contributed by atoms with Gasteiger partial charge in [-0.3, -0.25) is 9.69 Å². The van der Waals surface area contributed by atoms with Gasteiger partial charge in [0, 0.05) is 11.6 Å². The number of rotatable bonds is 6. The van der Waals surface area contributed by atoms with E-state index in [9.17, 15) is 4.79 Å². The lowest BCUT2D eigenvalue weighted by Gasteiger charge is -2.24. The van der Waals surface area contributed by atoms with Crippen molar-refractivity contribution < 1.29 is 4.79 Å². The Bertz CT molecular complexity index is 460. The SMILES string of the molecule is CCN(CC(=O)Nc1ccccc1C(N)=S)C(C)C. The van der Waals surface area contributed by atoms with Crippen LogP contribution in [-0.4, -0.2) is 34.9 Å². The number of hydrogen-bond donors (Lipinski definition) is 2. The van der Waals surface area contributed by atoms with Crippen molar-refractivity contribution in [2.24, 2.45) is 5.73 Å². The topological polar surface area (TPSA) is 58.4 Å². The van der Waals surface area contributed by atoms with Crippen molar-refractivity contribution in [3.8, 4) is 0 Å². The van der Waals surface area contributed by atoms with Crippen LogP contribution >= 0.6 is 12.2 Å². The summed E-state index contributed by atoms with van der Waals surface area (Å²) in [7, 11) is 0. The zero-order valence-electron chi connectivity index (χ0n) is 11.6. The summed E-state index contributed by atoms with van der Waals surface area (Å²) in [5, 5.41) is 2.86. The predicted octanol–water partition coefficient (Wildman–Crippen LogP) is 1.99. The number of carbonyl (C=O) groups excluding carboxylic acids is 1. The molecular weight excluding hydrogens is 258 g/mol. The number of nitrogens with zero attached hydrogens (tertiary/aromatic N) is 1. The molecular formula is C14H21N3OS. The fraction of sp³-hybridized carbons (Fsp3) is 0.429. The maximum absolute atomic E-state index is 12.0. The summed E-state index contributed by atoms with van der Waals surface area (Å²) in [4.78, 5) is 14.4. The van der Waals surface area contributed by atoms with E-state index in [4.69, 9.17) is 18.0 Å². The molecule has 0 atom stereocenters. The highest BCUT2D eigenvalue weighted by Crippen LogP contribution is 2.14. The Morgan fingerprint density at radius 3 is 2.58 bits per heavy atom. The predicted molar refractivity (Wildman–Crippen MR) is 83.3 cm³/mol. The standard InChI is InChI=1S/C14H21N3OS/c1-4-17(10(2)3)9-13(18)16-12-8-6-5-7-11(12)14(15)19/h5-8,10H,4,9H2,1-3H3,(H2,15,19)(H,16,18). The van der Waals surface area contributed by atoms with Crippen LogP contribution in [-0.2, 0) is 4.79 Å². The summed E-state index contributed by atoms with van der Waals surface area (Å²) in [5.74, 6) is -0.0563. The number of nitrogens with one attached hydrogen (secondary N) is 1. The molecule has 0 aromatic heterocycles. The number of likely N-dealkylation sites (N-methyl/N-ethyl adjacent to an activating group) is 1. The van der Waals surface area contributed by atoms with E-state index in [1.54, 1.807) is 12.1 Å². The summed E-state index contributed by atoms with van der Waals surface area (Å²) >= 11 is 4.97. The summed E-state index contributed by atoms with van der Waals surface area (Å²) in [6.07, 6.45) is 0. The van der Waals surface area contributed by atoms with Crippen molar-refractivity contribution in [1.29, 1.82) is 0 Å². The van der Waals surface area contributed by atoms with E-state index in [1.165, 1.54) is 0 Å². The average Bonchev–Trinajstić information content (AvgIpc) is 2.35. The summed E-state index contributed by atoms with van der Waals surface area (Å²) in [6.45, 7) is 7.37. The monoisotopic (exact) mass is 279 g/mol. The Balaban J connectivity index is 2.75. The normalized spacial score (nSPS) is 10.8. The van der Waals surface area contributed by atoms with Gasteiger partial charge in [0.1, 0.15) is 4.99 Å². The van der Waals surface area contributed by atoms with Crippen molar-refractivity contribution >= 4 is 28.8 Å². The molecule has 1 aromatic carbocycles. The van der Waals surface area contributed by atoms with E-state index in [1.807, 2.05) is 19.1 Å². The second kappa shape index (κ2) is 7.21. The van der Waals surface area contributed by atoms with Crippen molar-refractivity contribution in [3.63, 3.8) is 0 Å². The van der Waals surface area contributed by atoms with Gasteiger partial charge in [0.2, 0.25) is 5.91 Å². The molecule has 0 aliphatic heterocycles. The summed E-state index contributed by atoms with van der Waals surface area (Å²) < 4.78 is 0. The second-order valence-corrected chi connectivity index (χ2v) is 5.05. The first-order valence-electron chi connectivity index (χ1n) is 6.38. The number of carbonyl (C=O) groups is 1. The van der Waals surface area contributed by atoms with E-state index in [2.05, 4.69) is 24.1 Å². The highest BCUT2D eigenvalue weighted by molar-refractivity contribution is 7.80. The third-order valence-electron chi connectivity index (χ3n) is 2.95. The van der Waals surface area contributed by atoms with Gasteiger partial charge in [0.25, 0.3) is 0 Å². The van der Waals surface area contributed by atoms with Crippen molar-refractivity contribution in [3.05, 3.63) is 29.8 Å². The molecule has 0 aliphatic carbocycles. The number of nitrogens with two attached hydrogens (primary N) is 1. The Morgan fingerprint density at radius 1 is 1.42 bits per heavy atom. The molecule has 1 rings (SSSR count). The molecule has 0 bridgehead atoms. The van der Waals surface area contributed by atoms with Crippen LogP contribution < -0.4 is 11.1 Å². The zero-order chi connectivity index (χ0) is 14.4. The van der Waals surface area contributed by atoms with Gasteiger partial charge < -0.3 is 11.1 Å². The fourth-order valence-corrected chi connectivity index (χ4v) is 2.02. The van der Waals surface area contributed by atoms with E-state index in [0.29, 0.717) is 23.8 Å². The third-order valence-corrected chi connectivity index (χ3v) is 3.17. The number of hydrogen-bond acceptors (Lipinski definition) is 3. The van der Waals surface area contributed by atoms with E-state index in [-0.39, 0.29) is 10.9 Å². The van der Waals surface area contributed by atoms with E-state index >= 15 is 0 Å². The Hall–Kier alpha value is -1.46. The molecule has 0 heterocycles. The minimum absolute atomic E-state index is 0.0563. The number of thiocarbonyl (C=S) groups is 1. The van der Waals surface area contributed by atoms with Crippen LogP contribution in [0.1, 0.15) is 26.3 Å². The van der Waals surface area contributed by atoms with Crippen LogP contribution in [0.15, 0.2) is 24.3 Å². The van der Waals surface area contributed by atoms with Crippen molar-refractivity contribution in [1.82, 2.24) is 4.90 Å². The first-order chi connectivity index (χ1) is 8.95. The average molecular weight is 279 g/mol. The lowest BCUT2D eigenvalue weighted by molar-refractivity contribution is -0.117. The molecule has 1 amide bonds. The van der Waals surface area contributed by atoms with Crippen LogP contribution in [0.2, 0.25) is 0 Å². The molecule has 0 saturated heterocycles. The lowest BCUT2D eigenvalue weighted by Crippen LogP contribution is -2.38. The highest BCUT2D eigenvalue weighted by atomic mass is 32.1. The Morgan fingerprint density at radius 2 is 2.05 bits per heavy atom. The van der Waals surface area contributed by atoms with Gasteiger partial charge >= 0.3 is 0 Å². The van der Waals surface area contributed by atoms with Gasteiger partial charge in [-0.1, -0.05) is 31.3 Å². The molecule has 0 radical (unpaired) electrons. The van der Waals surface area contributed by atoms with Crippen molar-refractivity contribution in [2.75, 3.05) is 18.4 Å². The molecule has 5 heteroatoms. The number of amides is 1. The molecule has 19 heavy (non-hydrogen) atoms. The maximum atomic E-state index is 12.0. The van der Waals surface area contributed by atoms with Crippen LogP contribution in [0, 0.1) is 0 Å². The molecule has 104 valence electrons. The van der Waals surface area contributed by atoms with Crippen molar-refractivity contribution in [2.45, 2.75) is 26.8 Å². The maximum Gasteiger partial charge on any atom is 0.238 e. The Labute approximate surface area is 120 Å². The van der Waals surface area contributed by atoms with E-state index < -0.39 is 0 Å². The third kappa shape index (κ3) is 4.61. The minimum Gasteiger partial charge on any atom is -0.389 e. The first kappa shape index (κ1) is 15.6. The van der Waals surface area contributed by atoms with Gasteiger partial charge in [-0.15, -0.1) is 0 Å². The van der Waals surface area contributed by atoms with Gasteiger partial charge in [-0.25, -0.2) is 0 Å². The smallest absolute Gasteiger partial charge is 0.238 e. The molecule has 1 aromatic rings. The van der Waals surface area contributed by atoms with Crippen LogP contribution in [0.3, 0.4) is 0 Å². The molecule has 3 N–H and O–H groups in total. The van der Waals surface area contributed by atoms with Gasteiger partial charge in [-0.2, -0.15) is 0 Å². The zero-order valence-corrected chi connectivity index (χ0v) is 12.5. The van der Waals surface area contributed by atoms with Crippen LogP contribution in [0.4, 0.5) is 5.69 Å². The first-order valence-corrected chi connectivity index (χ1v) is 6.79. The number of anilines is 1. The van der Waals surface area contributed by atoms with Gasteiger partial charge in [0.15, 0.2) is 0 Å². The Kier molecular flexibility index (Phi) is 5.92. The van der Waals surface area contributed by atoms with E-state index in [0.717, 1.165) is 6.54 Å². The summed E-state index contributed by atoms with van der Waals surface area (Å²) in [5.41, 5.74) is 7.00. The molecule has 0 saturated carbocycles.